The molecule has 1 saturated heterocycles. The van der Waals surface area contributed by atoms with Crippen LogP contribution in [0.5, 0.6) is 0 Å². The molecule has 1 heterocycles. The second-order valence-corrected chi connectivity index (χ2v) is 7.50. The highest BCUT2D eigenvalue weighted by Crippen LogP contribution is 2.36. The molecule has 1 aliphatic rings. The van der Waals surface area contributed by atoms with Crippen LogP contribution in [0.4, 0.5) is 4.39 Å². The van der Waals surface area contributed by atoms with E-state index in [2.05, 4.69) is 12.1 Å². The molecule has 3 nitrogen and oxygen atoms in total. The predicted octanol–water partition coefficient (Wildman–Crippen LogP) is 5.52. The summed E-state index contributed by atoms with van der Waals surface area (Å²) in [4.78, 5) is 13.9. The standard InChI is InChI=1S/C25H24FNO2/c26-22-11-5-4-10-21(22)24(27-17-7-6-12-23(27)25(28)29)20-15-13-19(14-16-20)18-8-2-1-3-9-18/h1-5,8-11,13-16,23-24H,6-7,12,17H2,(H,28,29). The molecule has 1 N–H and O–H groups in total. The molecule has 0 spiro atoms. The third kappa shape index (κ3) is 4.08. The van der Waals surface area contributed by atoms with E-state index in [-0.39, 0.29) is 5.82 Å². The van der Waals surface area contributed by atoms with Crippen molar-refractivity contribution in [2.24, 2.45) is 0 Å². The van der Waals surface area contributed by atoms with Crippen LogP contribution >= 0.6 is 0 Å². The summed E-state index contributed by atoms with van der Waals surface area (Å²) in [6.45, 7) is 0.635. The second-order valence-electron chi connectivity index (χ2n) is 7.50. The highest BCUT2D eigenvalue weighted by molar-refractivity contribution is 5.74. The molecule has 0 aliphatic carbocycles. The van der Waals surface area contributed by atoms with E-state index in [1.807, 2.05) is 53.4 Å². The summed E-state index contributed by atoms with van der Waals surface area (Å²) >= 11 is 0. The fourth-order valence-corrected chi connectivity index (χ4v) is 4.26. The van der Waals surface area contributed by atoms with Crippen molar-refractivity contribution in [3.63, 3.8) is 0 Å². The number of halogens is 1. The smallest absolute Gasteiger partial charge is 0.320 e. The van der Waals surface area contributed by atoms with Crippen molar-refractivity contribution in [2.45, 2.75) is 31.3 Å². The monoisotopic (exact) mass is 389 g/mol. The Morgan fingerprint density at radius 2 is 1.55 bits per heavy atom. The fraction of sp³-hybridized carbons (Fsp3) is 0.240. The molecule has 0 aromatic heterocycles. The molecule has 3 aromatic rings. The molecule has 4 rings (SSSR count). The first-order valence-electron chi connectivity index (χ1n) is 10.0. The highest BCUT2D eigenvalue weighted by Gasteiger charge is 2.36. The summed E-state index contributed by atoms with van der Waals surface area (Å²) in [6.07, 6.45) is 2.38. The van der Waals surface area contributed by atoms with Gasteiger partial charge in [-0.1, -0.05) is 79.2 Å². The molecule has 29 heavy (non-hydrogen) atoms. The molecule has 2 atom stereocenters. The lowest BCUT2D eigenvalue weighted by atomic mass is 9.90. The SMILES string of the molecule is O=C(O)C1CCCCN1C(c1ccc(-c2ccccc2)cc1)c1ccccc1F. The summed E-state index contributed by atoms with van der Waals surface area (Å²) in [5.74, 6) is -1.15. The maximum atomic E-state index is 14.8. The molecule has 4 heteroatoms. The van der Waals surface area contributed by atoms with Gasteiger partial charge < -0.3 is 5.11 Å². The molecular formula is C25H24FNO2. The van der Waals surface area contributed by atoms with Crippen molar-refractivity contribution in [1.29, 1.82) is 0 Å². The number of carboxylic acids is 1. The van der Waals surface area contributed by atoms with Crippen molar-refractivity contribution in [2.75, 3.05) is 6.54 Å². The van der Waals surface area contributed by atoms with Crippen molar-refractivity contribution >= 4 is 5.97 Å². The number of aliphatic carboxylic acids is 1. The maximum Gasteiger partial charge on any atom is 0.320 e. The Morgan fingerprint density at radius 3 is 2.24 bits per heavy atom. The van der Waals surface area contributed by atoms with E-state index in [9.17, 15) is 14.3 Å². The molecule has 0 bridgehead atoms. The van der Waals surface area contributed by atoms with Gasteiger partial charge in [0, 0.05) is 5.56 Å². The summed E-state index contributed by atoms with van der Waals surface area (Å²) in [7, 11) is 0. The van der Waals surface area contributed by atoms with E-state index in [1.165, 1.54) is 6.07 Å². The van der Waals surface area contributed by atoms with E-state index in [0.717, 1.165) is 29.5 Å². The lowest BCUT2D eigenvalue weighted by Crippen LogP contribution is -2.47. The second kappa shape index (κ2) is 8.58. The minimum atomic E-state index is -0.841. The average molecular weight is 389 g/mol. The lowest BCUT2D eigenvalue weighted by Gasteiger charge is -2.39. The number of hydrogen-bond donors (Lipinski definition) is 1. The van der Waals surface area contributed by atoms with Gasteiger partial charge in [-0.25, -0.2) is 4.39 Å². The van der Waals surface area contributed by atoms with E-state index in [1.54, 1.807) is 12.1 Å². The molecule has 1 aliphatic heterocycles. The molecule has 3 aromatic carbocycles. The zero-order valence-electron chi connectivity index (χ0n) is 16.2. The number of hydrogen-bond acceptors (Lipinski definition) is 2. The van der Waals surface area contributed by atoms with Gasteiger partial charge >= 0.3 is 5.97 Å². The minimum Gasteiger partial charge on any atom is -0.480 e. The maximum absolute atomic E-state index is 14.8. The Hall–Kier alpha value is -2.98. The lowest BCUT2D eigenvalue weighted by molar-refractivity contribution is -0.145. The summed E-state index contributed by atoms with van der Waals surface area (Å²) < 4.78 is 14.8. The van der Waals surface area contributed by atoms with Crippen LogP contribution in [0.3, 0.4) is 0 Å². The number of nitrogens with zero attached hydrogens (tertiary/aromatic N) is 1. The van der Waals surface area contributed by atoms with Crippen LogP contribution < -0.4 is 0 Å². The Bertz CT molecular complexity index is 972. The first-order valence-corrected chi connectivity index (χ1v) is 10.0. The third-order valence-electron chi connectivity index (χ3n) is 5.69. The summed E-state index contributed by atoms with van der Waals surface area (Å²) in [5, 5.41) is 9.78. The van der Waals surface area contributed by atoms with Gasteiger partial charge in [-0.2, -0.15) is 0 Å². The Labute approximate surface area is 170 Å². The van der Waals surface area contributed by atoms with Gasteiger partial charge in [0.05, 0.1) is 6.04 Å². The van der Waals surface area contributed by atoms with Crippen molar-refractivity contribution in [3.05, 3.63) is 95.8 Å². The molecule has 1 fully saturated rings. The Morgan fingerprint density at radius 1 is 0.897 bits per heavy atom. The quantitative estimate of drug-likeness (QED) is 0.624. The number of carbonyl (C=O) groups is 1. The van der Waals surface area contributed by atoms with E-state index >= 15 is 0 Å². The van der Waals surface area contributed by atoms with Crippen LogP contribution in [0.1, 0.15) is 36.4 Å². The summed E-state index contributed by atoms with van der Waals surface area (Å²) in [5.41, 5.74) is 3.62. The van der Waals surface area contributed by atoms with E-state index in [0.29, 0.717) is 18.5 Å². The molecule has 2 unspecified atom stereocenters. The van der Waals surface area contributed by atoms with Crippen LogP contribution in [-0.2, 0) is 4.79 Å². The van der Waals surface area contributed by atoms with Crippen LogP contribution in [0.2, 0.25) is 0 Å². The Balaban J connectivity index is 1.76. The summed E-state index contributed by atoms with van der Waals surface area (Å²) in [6, 6.07) is 23.8. The topological polar surface area (TPSA) is 40.5 Å². The van der Waals surface area contributed by atoms with E-state index < -0.39 is 18.1 Å². The van der Waals surface area contributed by atoms with Gasteiger partial charge in [-0.15, -0.1) is 0 Å². The zero-order valence-corrected chi connectivity index (χ0v) is 16.2. The van der Waals surface area contributed by atoms with Gasteiger partial charge in [-0.3, -0.25) is 9.69 Å². The number of piperidine rings is 1. The zero-order chi connectivity index (χ0) is 20.2. The first-order chi connectivity index (χ1) is 14.1. The Kier molecular flexibility index (Phi) is 5.72. The van der Waals surface area contributed by atoms with Crippen LogP contribution in [-0.4, -0.2) is 28.6 Å². The third-order valence-corrected chi connectivity index (χ3v) is 5.69. The first kappa shape index (κ1) is 19.3. The number of rotatable bonds is 5. The normalized spacial score (nSPS) is 18.3. The van der Waals surface area contributed by atoms with Gasteiger partial charge in [0.15, 0.2) is 0 Å². The largest absolute Gasteiger partial charge is 0.480 e. The average Bonchev–Trinajstić information content (AvgIpc) is 2.77. The van der Waals surface area contributed by atoms with Crippen LogP contribution in [0, 0.1) is 5.82 Å². The van der Waals surface area contributed by atoms with Crippen molar-refractivity contribution in [1.82, 2.24) is 4.90 Å². The highest BCUT2D eigenvalue weighted by atomic mass is 19.1. The molecular weight excluding hydrogens is 365 g/mol. The number of likely N-dealkylation sites (tertiary alicyclic amines) is 1. The molecule has 0 radical (unpaired) electrons. The van der Waals surface area contributed by atoms with Crippen LogP contribution in [0.15, 0.2) is 78.9 Å². The minimum absolute atomic E-state index is 0.306. The number of benzene rings is 3. The molecule has 148 valence electrons. The van der Waals surface area contributed by atoms with E-state index in [4.69, 9.17) is 0 Å². The van der Waals surface area contributed by atoms with Gasteiger partial charge in [0.25, 0.3) is 0 Å². The van der Waals surface area contributed by atoms with Crippen molar-refractivity contribution in [3.8, 4) is 11.1 Å². The van der Waals surface area contributed by atoms with Crippen LogP contribution in [0.25, 0.3) is 11.1 Å². The number of carboxylic acid groups (broad SMARTS) is 1. The van der Waals surface area contributed by atoms with Crippen molar-refractivity contribution < 1.29 is 14.3 Å². The van der Waals surface area contributed by atoms with Gasteiger partial charge in [-0.05, 0) is 42.1 Å². The fourth-order valence-electron chi connectivity index (χ4n) is 4.26. The van der Waals surface area contributed by atoms with Gasteiger partial charge in [0.2, 0.25) is 0 Å². The molecule has 0 saturated carbocycles. The van der Waals surface area contributed by atoms with Gasteiger partial charge in [0.1, 0.15) is 11.9 Å². The predicted molar refractivity (Wildman–Crippen MR) is 112 cm³/mol. The molecule has 0 amide bonds.